The van der Waals surface area contributed by atoms with E-state index < -0.39 is 0 Å². The van der Waals surface area contributed by atoms with Crippen LogP contribution in [0.5, 0.6) is 5.75 Å². The van der Waals surface area contributed by atoms with E-state index in [1.165, 1.54) is 5.56 Å². The molecule has 1 aliphatic heterocycles. The molecule has 1 aromatic heterocycles. The second-order valence-electron chi connectivity index (χ2n) is 5.14. The van der Waals surface area contributed by atoms with Gasteiger partial charge in [0.15, 0.2) is 0 Å². The second-order valence-corrected chi connectivity index (χ2v) is 5.14. The summed E-state index contributed by atoms with van der Waals surface area (Å²) in [6.07, 6.45) is 3.58. The summed E-state index contributed by atoms with van der Waals surface area (Å²) >= 11 is 0. The second kappa shape index (κ2) is 7.20. The highest BCUT2D eigenvalue weighted by Gasteiger charge is 2.13. The zero-order valence-corrected chi connectivity index (χ0v) is 12.1. The number of benzene rings is 1. The van der Waals surface area contributed by atoms with Crippen LogP contribution in [-0.2, 0) is 17.9 Å². The van der Waals surface area contributed by atoms with Crippen molar-refractivity contribution >= 4 is 0 Å². The maximum atomic E-state index is 5.98. The predicted molar refractivity (Wildman–Crippen MR) is 81.1 cm³/mol. The molecule has 0 amide bonds. The van der Waals surface area contributed by atoms with Crippen molar-refractivity contribution in [1.82, 2.24) is 9.88 Å². The van der Waals surface area contributed by atoms with E-state index in [1.807, 2.05) is 24.3 Å². The average molecular weight is 284 g/mol. The molecule has 0 spiro atoms. The molecule has 1 fully saturated rings. The number of rotatable bonds is 5. The minimum Gasteiger partial charge on any atom is -0.489 e. The van der Waals surface area contributed by atoms with E-state index in [-0.39, 0.29) is 0 Å². The highest BCUT2D eigenvalue weighted by Crippen LogP contribution is 2.21. The molecule has 0 unspecified atom stereocenters. The lowest BCUT2D eigenvalue weighted by Crippen LogP contribution is -2.35. The van der Waals surface area contributed by atoms with Gasteiger partial charge in [0.05, 0.1) is 13.2 Å². The van der Waals surface area contributed by atoms with Crippen LogP contribution in [0.2, 0.25) is 0 Å². The summed E-state index contributed by atoms with van der Waals surface area (Å²) in [5, 5.41) is 0. The van der Waals surface area contributed by atoms with Crippen LogP contribution in [0.25, 0.3) is 0 Å². The molecular weight excluding hydrogens is 264 g/mol. The standard InChI is InChI=1S/C17H20N2O2/c1-2-4-17(21-14-15-5-7-18-8-6-15)16(3-1)13-19-9-11-20-12-10-19/h1-8H,9-14H2. The summed E-state index contributed by atoms with van der Waals surface area (Å²) in [5.74, 6) is 0.959. The van der Waals surface area contributed by atoms with Gasteiger partial charge in [-0.05, 0) is 23.8 Å². The maximum absolute atomic E-state index is 5.98. The number of hydrogen-bond donors (Lipinski definition) is 0. The highest BCUT2D eigenvalue weighted by molar-refractivity contribution is 5.33. The lowest BCUT2D eigenvalue weighted by molar-refractivity contribution is 0.0337. The van der Waals surface area contributed by atoms with Gasteiger partial charge in [0.25, 0.3) is 0 Å². The fourth-order valence-electron chi connectivity index (χ4n) is 2.42. The predicted octanol–water partition coefficient (Wildman–Crippen LogP) is 2.49. The Hall–Kier alpha value is -1.91. The van der Waals surface area contributed by atoms with E-state index in [9.17, 15) is 0 Å². The number of pyridine rings is 1. The van der Waals surface area contributed by atoms with Gasteiger partial charge in [-0.2, -0.15) is 0 Å². The van der Waals surface area contributed by atoms with Gasteiger partial charge in [0.2, 0.25) is 0 Å². The van der Waals surface area contributed by atoms with Crippen LogP contribution < -0.4 is 4.74 Å². The number of hydrogen-bond acceptors (Lipinski definition) is 4. The molecule has 1 aromatic carbocycles. The van der Waals surface area contributed by atoms with Crippen molar-refractivity contribution in [3.8, 4) is 5.75 Å². The number of nitrogens with zero attached hydrogens (tertiary/aromatic N) is 2. The Bertz CT molecular complexity index is 554. The number of morpholine rings is 1. The summed E-state index contributed by atoms with van der Waals surface area (Å²) in [7, 11) is 0. The number of aromatic nitrogens is 1. The van der Waals surface area contributed by atoms with Crippen molar-refractivity contribution in [2.45, 2.75) is 13.2 Å². The molecule has 1 saturated heterocycles. The minimum atomic E-state index is 0.572. The molecule has 0 saturated carbocycles. The SMILES string of the molecule is c1ccc(OCc2ccncc2)c(CN2CCOCC2)c1. The van der Waals surface area contributed by atoms with Crippen LogP contribution in [0, 0.1) is 0 Å². The third-order valence-corrected chi connectivity index (χ3v) is 3.61. The van der Waals surface area contributed by atoms with Gasteiger partial charge >= 0.3 is 0 Å². The Morgan fingerprint density at radius 2 is 1.81 bits per heavy atom. The summed E-state index contributed by atoms with van der Waals surface area (Å²) < 4.78 is 11.4. The monoisotopic (exact) mass is 284 g/mol. The zero-order chi connectivity index (χ0) is 14.3. The van der Waals surface area contributed by atoms with Gasteiger partial charge in [0.1, 0.15) is 12.4 Å². The molecule has 0 bridgehead atoms. The van der Waals surface area contributed by atoms with Crippen LogP contribution in [0.1, 0.15) is 11.1 Å². The Balaban J connectivity index is 1.64. The first kappa shape index (κ1) is 14.0. The summed E-state index contributed by atoms with van der Waals surface area (Å²) in [6.45, 7) is 5.09. The molecule has 0 radical (unpaired) electrons. The molecule has 4 nitrogen and oxygen atoms in total. The minimum absolute atomic E-state index is 0.572. The van der Waals surface area contributed by atoms with Crippen molar-refractivity contribution in [2.24, 2.45) is 0 Å². The Labute approximate surface area is 125 Å². The molecule has 110 valence electrons. The van der Waals surface area contributed by atoms with Gasteiger partial charge in [-0.3, -0.25) is 9.88 Å². The first-order valence-corrected chi connectivity index (χ1v) is 7.31. The summed E-state index contributed by atoms with van der Waals surface area (Å²) in [4.78, 5) is 6.42. The Morgan fingerprint density at radius 3 is 2.62 bits per heavy atom. The highest BCUT2D eigenvalue weighted by atomic mass is 16.5. The smallest absolute Gasteiger partial charge is 0.124 e. The maximum Gasteiger partial charge on any atom is 0.124 e. The van der Waals surface area contributed by atoms with Crippen LogP contribution in [0.4, 0.5) is 0 Å². The lowest BCUT2D eigenvalue weighted by atomic mass is 10.2. The van der Waals surface area contributed by atoms with Crippen LogP contribution in [0.15, 0.2) is 48.8 Å². The molecule has 0 atom stereocenters. The molecule has 2 heterocycles. The first-order chi connectivity index (χ1) is 10.4. The van der Waals surface area contributed by atoms with Gasteiger partial charge in [-0.25, -0.2) is 0 Å². The molecule has 1 aliphatic rings. The normalized spacial score (nSPS) is 15.8. The van der Waals surface area contributed by atoms with Gasteiger partial charge in [-0.15, -0.1) is 0 Å². The first-order valence-electron chi connectivity index (χ1n) is 7.31. The largest absolute Gasteiger partial charge is 0.489 e. The van der Waals surface area contributed by atoms with Crippen molar-refractivity contribution < 1.29 is 9.47 Å². The van der Waals surface area contributed by atoms with Crippen molar-refractivity contribution in [1.29, 1.82) is 0 Å². The molecular formula is C17H20N2O2. The Morgan fingerprint density at radius 1 is 1.05 bits per heavy atom. The lowest BCUT2D eigenvalue weighted by Gasteiger charge is -2.27. The topological polar surface area (TPSA) is 34.6 Å². The van der Waals surface area contributed by atoms with Crippen LogP contribution in [0.3, 0.4) is 0 Å². The molecule has 2 aromatic rings. The van der Waals surface area contributed by atoms with Crippen molar-refractivity contribution in [2.75, 3.05) is 26.3 Å². The van der Waals surface area contributed by atoms with E-state index in [1.54, 1.807) is 12.4 Å². The van der Waals surface area contributed by atoms with E-state index in [2.05, 4.69) is 22.0 Å². The zero-order valence-electron chi connectivity index (χ0n) is 12.1. The molecule has 0 N–H and O–H groups in total. The van der Waals surface area contributed by atoms with Crippen molar-refractivity contribution in [3.63, 3.8) is 0 Å². The fraction of sp³-hybridized carbons (Fsp3) is 0.353. The summed E-state index contributed by atoms with van der Waals surface area (Å²) in [5.41, 5.74) is 2.36. The van der Waals surface area contributed by atoms with Crippen LogP contribution >= 0.6 is 0 Å². The number of para-hydroxylation sites is 1. The number of ether oxygens (including phenoxy) is 2. The molecule has 4 heteroatoms. The van der Waals surface area contributed by atoms with E-state index in [0.29, 0.717) is 6.61 Å². The van der Waals surface area contributed by atoms with E-state index in [4.69, 9.17) is 9.47 Å². The van der Waals surface area contributed by atoms with Gasteiger partial charge in [0, 0.05) is 37.6 Å². The van der Waals surface area contributed by atoms with E-state index in [0.717, 1.165) is 44.2 Å². The quantitative estimate of drug-likeness (QED) is 0.845. The fourth-order valence-corrected chi connectivity index (χ4v) is 2.42. The van der Waals surface area contributed by atoms with Gasteiger partial charge in [-0.1, -0.05) is 18.2 Å². The van der Waals surface area contributed by atoms with Crippen LogP contribution in [-0.4, -0.2) is 36.2 Å². The average Bonchev–Trinajstić information content (AvgIpc) is 2.56. The van der Waals surface area contributed by atoms with Crippen molar-refractivity contribution in [3.05, 3.63) is 59.9 Å². The molecule has 0 aliphatic carbocycles. The van der Waals surface area contributed by atoms with Gasteiger partial charge < -0.3 is 9.47 Å². The van der Waals surface area contributed by atoms with E-state index >= 15 is 0 Å². The molecule has 3 rings (SSSR count). The third kappa shape index (κ3) is 4.03. The Kier molecular flexibility index (Phi) is 4.82. The summed E-state index contributed by atoms with van der Waals surface area (Å²) in [6, 6.07) is 12.2. The molecule has 21 heavy (non-hydrogen) atoms. The third-order valence-electron chi connectivity index (χ3n) is 3.61.